The third kappa shape index (κ3) is 5.32. The normalized spacial score (nSPS) is 34.7. The Morgan fingerprint density at radius 1 is 1.25 bits per heavy atom. The summed E-state index contributed by atoms with van der Waals surface area (Å²) >= 11 is 0. The van der Waals surface area contributed by atoms with Crippen molar-refractivity contribution < 1.29 is 15.3 Å². The van der Waals surface area contributed by atoms with Crippen LogP contribution in [0, 0.1) is 17.3 Å². The van der Waals surface area contributed by atoms with Crippen LogP contribution in [0.4, 0.5) is 0 Å². The Bertz CT molecular complexity index is 769. The minimum absolute atomic E-state index is 0.233. The molecular weight excluding hydrogens is 396 g/mol. The van der Waals surface area contributed by atoms with Crippen LogP contribution in [0.5, 0.6) is 0 Å². The number of hydrogen-bond acceptors (Lipinski definition) is 3. The average Bonchev–Trinajstić information content (AvgIpc) is 3.12. The molecule has 32 heavy (non-hydrogen) atoms. The second kappa shape index (κ2) is 10.4. The molecule has 0 aliphatic heterocycles. The van der Waals surface area contributed by atoms with Crippen molar-refractivity contribution in [3.8, 4) is 0 Å². The number of rotatable bonds is 8. The first-order chi connectivity index (χ1) is 15.1. The van der Waals surface area contributed by atoms with Gasteiger partial charge in [-0.05, 0) is 86.2 Å². The molecule has 3 nitrogen and oxygen atoms in total. The van der Waals surface area contributed by atoms with Gasteiger partial charge < -0.3 is 15.3 Å². The van der Waals surface area contributed by atoms with Crippen LogP contribution in [0.3, 0.4) is 0 Å². The Hall–Kier alpha value is -1.16. The Morgan fingerprint density at radius 2 is 1.97 bits per heavy atom. The van der Waals surface area contributed by atoms with E-state index >= 15 is 0 Å². The summed E-state index contributed by atoms with van der Waals surface area (Å²) in [7, 11) is 0. The van der Waals surface area contributed by atoms with Crippen molar-refractivity contribution in [2.24, 2.45) is 17.3 Å². The van der Waals surface area contributed by atoms with Crippen LogP contribution in [0.15, 0.2) is 47.1 Å². The van der Waals surface area contributed by atoms with E-state index in [0.717, 1.165) is 56.1 Å². The lowest BCUT2D eigenvalue weighted by Crippen LogP contribution is -2.32. The van der Waals surface area contributed by atoms with E-state index in [1.807, 2.05) is 0 Å². The summed E-state index contributed by atoms with van der Waals surface area (Å²) in [5, 5.41) is 30.8. The molecule has 3 rings (SSSR count). The summed E-state index contributed by atoms with van der Waals surface area (Å²) in [6, 6.07) is 0. The molecule has 3 N–H and O–H groups in total. The van der Waals surface area contributed by atoms with E-state index in [-0.39, 0.29) is 5.41 Å². The van der Waals surface area contributed by atoms with Gasteiger partial charge in [-0.2, -0.15) is 0 Å². The highest BCUT2D eigenvalue weighted by Gasteiger charge is 2.45. The molecule has 0 bridgehead atoms. The predicted octanol–water partition coefficient (Wildman–Crippen LogP) is 6.41. The van der Waals surface area contributed by atoms with Gasteiger partial charge in [0.25, 0.3) is 0 Å². The largest absolute Gasteiger partial charge is 0.393 e. The van der Waals surface area contributed by atoms with E-state index in [1.54, 1.807) is 5.57 Å². The minimum Gasteiger partial charge on any atom is -0.393 e. The number of aliphatic hydroxyl groups is 3. The highest BCUT2D eigenvalue weighted by atomic mass is 16.3. The van der Waals surface area contributed by atoms with Crippen molar-refractivity contribution in [2.75, 3.05) is 0 Å². The number of allylic oxidation sites excluding steroid dienone is 5. The second-order valence-corrected chi connectivity index (χ2v) is 11.0. The first-order valence-corrected chi connectivity index (χ1v) is 13.0. The summed E-state index contributed by atoms with van der Waals surface area (Å²) in [5.41, 5.74) is 4.65. The molecule has 2 fully saturated rings. The third-order valence-corrected chi connectivity index (χ3v) is 9.00. The summed E-state index contributed by atoms with van der Waals surface area (Å²) in [5.74, 6) is 1.12. The lowest BCUT2D eigenvalue weighted by atomic mass is 9.62. The van der Waals surface area contributed by atoms with Gasteiger partial charge in [0.2, 0.25) is 0 Å². The maximum Gasteiger partial charge on any atom is 0.0811 e. The van der Waals surface area contributed by atoms with E-state index in [0.29, 0.717) is 24.7 Å². The van der Waals surface area contributed by atoms with Crippen molar-refractivity contribution in [3.63, 3.8) is 0 Å². The average molecular weight is 443 g/mol. The molecule has 5 atom stereocenters. The molecule has 5 unspecified atom stereocenters. The molecule has 0 aromatic carbocycles. The monoisotopic (exact) mass is 442 g/mol. The molecule has 3 heteroatoms. The molecule has 3 aliphatic carbocycles. The summed E-state index contributed by atoms with van der Waals surface area (Å²) in [4.78, 5) is 0. The first-order valence-electron chi connectivity index (χ1n) is 13.0. The molecule has 0 amide bonds. The third-order valence-electron chi connectivity index (χ3n) is 9.00. The van der Waals surface area contributed by atoms with E-state index < -0.39 is 17.8 Å². The highest BCUT2D eigenvalue weighted by Crippen LogP contribution is 2.57. The van der Waals surface area contributed by atoms with Gasteiger partial charge in [0.1, 0.15) is 0 Å². The summed E-state index contributed by atoms with van der Waals surface area (Å²) in [6.07, 6.45) is 16.3. The zero-order valence-corrected chi connectivity index (χ0v) is 20.9. The van der Waals surface area contributed by atoms with Crippen LogP contribution >= 0.6 is 0 Å². The van der Waals surface area contributed by atoms with Crippen LogP contribution in [-0.4, -0.2) is 33.1 Å². The molecule has 0 aromatic heterocycles. The van der Waals surface area contributed by atoms with Crippen LogP contribution in [0.25, 0.3) is 0 Å². The van der Waals surface area contributed by atoms with Gasteiger partial charge in [0.05, 0.1) is 17.8 Å². The number of aliphatic hydroxyl groups excluding tert-OH is 2. The van der Waals surface area contributed by atoms with Crippen LogP contribution in [0.1, 0.15) is 98.3 Å². The van der Waals surface area contributed by atoms with Crippen LogP contribution < -0.4 is 0 Å². The Balaban J connectivity index is 1.68. The molecule has 2 saturated carbocycles. The fourth-order valence-corrected chi connectivity index (χ4v) is 6.58. The molecule has 180 valence electrons. The zero-order chi connectivity index (χ0) is 23.5. The molecular formula is C29H46O3. The first kappa shape index (κ1) is 25.5. The highest BCUT2D eigenvalue weighted by molar-refractivity contribution is 5.40. The van der Waals surface area contributed by atoms with Gasteiger partial charge in [0, 0.05) is 6.42 Å². The predicted molar refractivity (Wildman–Crippen MR) is 133 cm³/mol. The van der Waals surface area contributed by atoms with E-state index in [4.69, 9.17) is 0 Å². The lowest BCUT2D eigenvalue weighted by molar-refractivity contribution is 0.0204. The molecule has 0 heterocycles. The van der Waals surface area contributed by atoms with Crippen molar-refractivity contribution in [1.29, 1.82) is 0 Å². The quantitative estimate of drug-likeness (QED) is 0.381. The number of hydrogen-bond donors (Lipinski definition) is 3. The van der Waals surface area contributed by atoms with E-state index in [1.165, 1.54) is 18.4 Å². The van der Waals surface area contributed by atoms with Crippen molar-refractivity contribution in [3.05, 3.63) is 47.1 Å². The van der Waals surface area contributed by atoms with Crippen molar-refractivity contribution in [2.45, 2.75) is 116 Å². The van der Waals surface area contributed by atoms with Gasteiger partial charge in [0.15, 0.2) is 0 Å². The fourth-order valence-electron chi connectivity index (χ4n) is 6.58. The van der Waals surface area contributed by atoms with E-state index in [9.17, 15) is 15.3 Å². The summed E-state index contributed by atoms with van der Waals surface area (Å²) in [6.45, 7) is 13.1. The van der Waals surface area contributed by atoms with Crippen LogP contribution in [0.2, 0.25) is 0 Å². The SMILES string of the molecule is C=C1/C(=C\C=C2/CCCC3(C)C(C(C)CCCC(O)(CC)CC)=CCC23)CC(O)CC1O. The number of fused-ring (bicyclic) bond motifs is 1. The molecule has 0 aromatic rings. The molecule has 3 aliphatic rings. The van der Waals surface area contributed by atoms with Gasteiger partial charge in [-0.1, -0.05) is 70.1 Å². The molecule has 0 saturated heterocycles. The zero-order valence-electron chi connectivity index (χ0n) is 20.9. The van der Waals surface area contributed by atoms with Gasteiger partial charge in [-0.3, -0.25) is 0 Å². The second-order valence-electron chi connectivity index (χ2n) is 11.0. The van der Waals surface area contributed by atoms with E-state index in [2.05, 4.69) is 52.5 Å². The van der Waals surface area contributed by atoms with Gasteiger partial charge >= 0.3 is 0 Å². The smallest absolute Gasteiger partial charge is 0.0811 e. The fraction of sp³-hybridized carbons (Fsp3) is 0.724. The minimum atomic E-state index is -0.626. The van der Waals surface area contributed by atoms with Crippen molar-refractivity contribution in [1.82, 2.24) is 0 Å². The summed E-state index contributed by atoms with van der Waals surface area (Å²) < 4.78 is 0. The molecule has 0 spiro atoms. The lowest BCUT2D eigenvalue weighted by Gasteiger charge is -2.42. The van der Waals surface area contributed by atoms with Gasteiger partial charge in [-0.15, -0.1) is 0 Å². The Kier molecular flexibility index (Phi) is 8.28. The van der Waals surface area contributed by atoms with Crippen LogP contribution in [-0.2, 0) is 0 Å². The topological polar surface area (TPSA) is 60.7 Å². The standard InChI is InChI=1S/C29H46O3/c1-6-29(32,7-2)17-8-10-20(3)25-14-15-26-22(11-9-16-28(25,26)5)12-13-23-18-24(30)19-27(31)21(23)4/h12-14,20,24,26-27,30-32H,4,6-11,15-19H2,1-3,5H3/b22-12+,23-13-. The Morgan fingerprint density at radius 3 is 2.66 bits per heavy atom. The maximum atomic E-state index is 10.6. The maximum absolute atomic E-state index is 10.6. The van der Waals surface area contributed by atoms with Gasteiger partial charge in [-0.25, -0.2) is 0 Å². The van der Waals surface area contributed by atoms with Crippen molar-refractivity contribution >= 4 is 0 Å². The Labute approximate surface area is 196 Å². The molecule has 0 radical (unpaired) electrons.